The van der Waals surface area contributed by atoms with E-state index in [1.807, 2.05) is 9.58 Å². The second-order valence-electron chi connectivity index (χ2n) is 7.06. The lowest BCUT2D eigenvalue weighted by Gasteiger charge is -2.35. The molecule has 6 heteroatoms. The lowest BCUT2D eigenvalue weighted by molar-refractivity contribution is -0.137. The molecule has 1 aliphatic heterocycles. The lowest BCUT2D eigenvalue weighted by atomic mass is 9.87. The highest BCUT2D eigenvalue weighted by molar-refractivity contribution is 5.79. The fourth-order valence-corrected chi connectivity index (χ4v) is 4.12. The van der Waals surface area contributed by atoms with E-state index in [4.69, 9.17) is 0 Å². The third kappa shape index (κ3) is 2.89. The molecule has 0 unspecified atom stereocenters. The number of hydrogen-bond donors (Lipinski definition) is 0. The minimum atomic E-state index is -0.289. The van der Waals surface area contributed by atoms with Gasteiger partial charge in [0.15, 0.2) is 0 Å². The second kappa shape index (κ2) is 6.49. The van der Waals surface area contributed by atoms with Gasteiger partial charge in [-0.3, -0.25) is 4.79 Å². The van der Waals surface area contributed by atoms with Gasteiger partial charge in [0.05, 0.1) is 11.6 Å². The first kappa shape index (κ1) is 15.5. The number of piperidine rings is 1. The summed E-state index contributed by atoms with van der Waals surface area (Å²) in [5.41, 5.74) is 1.46. The molecular weight excluding hydrogens is 307 g/mol. The standard InChI is InChI=1S/C18H23FN4O/c19-14-6-7-17-16(12-14)20-21-23(17)15-8-10-22(11-9-15)18(24)13-4-2-1-3-5-13/h6-7,12-13,15H,1-5,8-11H2. The monoisotopic (exact) mass is 330 g/mol. The Bertz CT molecular complexity index is 730. The minimum Gasteiger partial charge on any atom is -0.342 e. The van der Waals surface area contributed by atoms with E-state index >= 15 is 0 Å². The zero-order valence-corrected chi connectivity index (χ0v) is 13.8. The molecule has 0 bridgehead atoms. The van der Waals surface area contributed by atoms with Crippen LogP contribution >= 0.6 is 0 Å². The number of carbonyl (C=O) groups excluding carboxylic acids is 1. The molecule has 2 aromatic rings. The van der Waals surface area contributed by atoms with Gasteiger partial charge >= 0.3 is 0 Å². The zero-order chi connectivity index (χ0) is 16.5. The van der Waals surface area contributed by atoms with E-state index in [1.54, 1.807) is 6.07 Å². The number of likely N-dealkylation sites (tertiary alicyclic amines) is 1. The van der Waals surface area contributed by atoms with E-state index in [1.165, 1.54) is 31.4 Å². The minimum absolute atomic E-state index is 0.232. The maximum atomic E-state index is 13.3. The zero-order valence-electron chi connectivity index (χ0n) is 13.8. The average Bonchev–Trinajstić information content (AvgIpc) is 3.05. The van der Waals surface area contributed by atoms with Crippen molar-refractivity contribution in [2.45, 2.75) is 51.0 Å². The number of aromatic nitrogens is 3. The van der Waals surface area contributed by atoms with Crippen LogP contribution in [-0.2, 0) is 4.79 Å². The van der Waals surface area contributed by atoms with Crippen LogP contribution < -0.4 is 0 Å². The smallest absolute Gasteiger partial charge is 0.225 e. The third-order valence-electron chi connectivity index (χ3n) is 5.51. The number of halogens is 1. The van der Waals surface area contributed by atoms with E-state index < -0.39 is 0 Å². The molecule has 2 fully saturated rings. The van der Waals surface area contributed by atoms with Gasteiger partial charge in [-0.05, 0) is 37.8 Å². The predicted octanol–water partition coefficient (Wildman–Crippen LogP) is 3.31. The number of hydrogen-bond acceptors (Lipinski definition) is 3. The van der Waals surface area contributed by atoms with Gasteiger partial charge in [-0.15, -0.1) is 5.10 Å². The second-order valence-corrected chi connectivity index (χ2v) is 7.06. The average molecular weight is 330 g/mol. The van der Waals surface area contributed by atoms with Crippen molar-refractivity contribution in [2.24, 2.45) is 5.92 Å². The molecule has 0 radical (unpaired) electrons. The molecule has 1 aromatic heterocycles. The molecule has 1 saturated carbocycles. The van der Waals surface area contributed by atoms with Crippen LogP contribution in [0, 0.1) is 11.7 Å². The quantitative estimate of drug-likeness (QED) is 0.849. The van der Waals surface area contributed by atoms with Crippen molar-refractivity contribution in [3.8, 4) is 0 Å². The van der Waals surface area contributed by atoms with Crippen molar-refractivity contribution in [3.05, 3.63) is 24.0 Å². The Kier molecular flexibility index (Phi) is 4.21. The van der Waals surface area contributed by atoms with Crippen LogP contribution in [0.25, 0.3) is 11.0 Å². The van der Waals surface area contributed by atoms with Gasteiger partial charge in [-0.25, -0.2) is 9.07 Å². The van der Waals surface area contributed by atoms with E-state index in [0.29, 0.717) is 11.4 Å². The Morgan fingerprint density at radius 1 is 1.08 bits per heavy atom. The molecule has 1 aliphatic carbocycles. The molecule has 1 aromatic carbocycles. The Balaban J connectivity index is 1.42. The highest BCUT2D eigenvalue weighted by Gasteiger charge is 2.30. The molecule has 128 valence electrons. The number of rotatable bonds is 2. The van der Waals surface area contributed by atoms with E-state index in [0.717, 1.165) is 44.3 Å². The van der Waals surface area contributed by atoms with Crippen molar-refractivity contribution in [3.63, 3.8) is 0 Å². The highest BCUT2D eigenvalue weighted by Crippen LogP contribution is 2.29. The summed E-state index contributed by atoms with van der Waals surface area (Å²) in [6.45, 7) is 1.56. The van der Waals surface area contributed by atoms with Crippen LogP contribution in [0.2, 0.25) is 0 Å². The summed E-state index contributed by atoms with van der Waals surface area (Å²) < 4.78 is 15.2. The number of nitrogens with zero attached hydrogens (tertiary/aromatic N) is 4. The molecule has 2 aliphatic rings. The van der Waals surface area contributed by atoms with Crippen molar-refractivity contribution in [2.75, 3.05) is 13.1 Å². The van der Waals surface area contributed by atoms with Crippen LogP contribution in [0.3, 0.4) is 0 Å². The van der Waals surface area contributed by atoms with Crippen molar-refractivity contribution in [1.82, 2.24) is 19.9 Å². The van der Waals surface area contributed by atoms with Crippen LogP contribution in [0.15, 0.2) is 18.2 Å². The van der Waals surface area contributed by atoms with Crippen LogP contribution in [-0.4, -0.2) is 38.9 Å². The normalized spacial score (nSPS) is 20.6. The Morgan fingerprint density at radius 3 is 2.58 bits per heavy atom. The summed E-state index contributed by atoms with van der Waals surface area (Å²) >= 11 is 0. The van der Waals surface area contributed by atoms with Crippen LogP contribution in [0.5, 0.6) is 0 Å². The Labute approximate surface area is 140 Å². The van der Waals surface area contributed by atoms with E-state index in [9.17, 15) is 9.18 Å². The Morgan fingerprint density at radius 2 is 1.83 bits per heavy atom. The molecular formula is C18H23FN4O. The number of fused-ring (bicyclic) bond motifs is 1. The molecule has 5 nitrogen and oxygen atoms in total. The van der Waals surface area contributed by atoms with E-state index in [2.05, 4.69) is 10.3 Å². The largest absolute Gasteiger partial charge is 0.342 e. The van der Waals surface area contributed by atoms with E-state index in [-0.39, 0.29) is 17.8 Å². The number of benzene rings is 1. The summed E-state index contributed by atoms with van der Waals surface area (Å²) in [4.78, 5) is 14.7. The van der Waals surface area contributed by atoms with Crippen molar-refractivity contribution in [1.29, 1.82) is 0 Å². The van der Waals surface area contributed by atoms with Crippen LogP contribution in [0.4, 0.5) is 4.39 Å². The number of amides is 1. The molecule has 0 spiro atoms. The van der Waals surface area contributed by atoms with Gasteiger partial charge in [0.25, 0.3) is 0 Å². The third-order valence-corrected chi connectivity index (χ3v) is 5.51. The summed E-state index contributed by atoms with van der Waals surface area (Å²) in [6.07, 6.45) is 7.52. The van der Waals surface area contributed by atoms with Gasteiger partial charge in [0.1, 0.15) is 11.3 Å². The fraction of sp³-hybridized carbons (Fsp3) is 0.611. The molecule has 24 heavy (non-hydrogen) atoms. The molecule has 1 amide bonds. The summed E-state index contributed by atoms with van der Waals surface area (Å²) in [6, 6.07) is 4.84. The molecule has 0 N–H and O–H groups in total. The van der Waals surface area contributed by atoms with Crippen LogP contribution in [0.1, 0.15) is 51.0 Å². The van der Waals surface area contributed by atoms with Gasteiger partial charge < -0.3 is 4.90 Å². The van der Waals surface area contributed by atoms with Gasteiger partial charge in [-0.1, -0.05) is 24.5 Å². The Hall–Kier alpha value is -1.98. The van der Waals surface area contributed by atoms with Gasteiger partial charge in [0, 0.05) is 25.1 Å². The predicted molar refractivity (Wildman–Crippen MR) is 88.9 cm³/mol. The first-order chi connectivity index (χ1) is 11.7. The summed E-state index contributed by atoms with van der Waals surface area (Å²) in [5.74, 6) is 0.298. The summed E-state index contributed by atoms with van der Waals surface area (Å²) in [7, 11) is 0. The molecule has 2 heterocycles. The molecule has 0 atom stereocenters. The molecule has 4 rings (SSSR count). The number of carbonyl (C=O) groups is 1. The topological polar surface area (TPSA) is 51.0 Å². The highest BCUT2D eigenvalue weighted by atomic mass is 19.1. The fourth-order valence-electron chi connectivity index (χ4n) is 4.12. The van der Waals surface area contributed by atoms with Gasteiger partial charge in [-0.2, -0.15) is 0 Å². The van der Waals surface area contributed by atoms with Crippen molar-refractivity contribution >= 4 is 16.9 Å². The maximum absolute atomic E-state index is 13.3. The SMILES string of the molecule is O=C(C1CCCCC1)N1CCC(n2nnc3cc(F)ccc32)CC1. The van der Waals surface area contributed by atoms with Gasteiger partial charge in [0.2, 0.25) is 5.91 Å². The maximum Gasteiger partial charge on any atom is 0.225 e. The summed E-state index contributed by atoms with van der Waals surface area (Å²) in [5, 5.41) is 8.29. The van der Waals surface area contributed by atoms with Crippen molar-refractivity contribution < 1.29 is 9.18 Å². The first-order valence-electron chi connectivity index (χ1n) is 9.01. The first-order valence-corrected chi connectivity index (χ1v) is 9.01. The lowest BCUT2D eigenvalue weighted by Crippen LogP contribution is -2.42. The molecule has 1 saturated heterocycles.